The lowest BCUT2D eigenvalue weighted by atomic mass is 9.93. The van der Waals surface area contributed by atoms with E-state index in [4.69, 9.17) is 0 Å². The van der Waals surface area contributed by atoms with Gasteiger partial charge in [0.25, 0.3) is 0 Å². The summed E-state index contributed by atoms with van der Waals surface area (Å²) < 4.78 is 0. The van der Waals surface area contributed by atoms with Gasteiger partial charge in [-0.05, 0) is 25.0 Å². The zero-order valence-electron chi connectivity index (χ0n) is 12.9. The third-order valence-electron chi connectivity index (χ3n) is 4.65. The summed E-state index contributed by atoms with van der Waals surface area (Å²) in [6.07, 6.45) is 0. The van der Waals surface area contributed by atoms with Crippen LogP contribution in [0.5, 0.6) is 0 Å². The van der Waals surface area contributed by atoms with Crippen molar-refractivity contribution < 1.29 is 0 Å². The zero-order chi connectivity index (χ0) is 14.7. The average molecular weight is 280 g/mol. The minimum atomic E-state index is 0.340. The molecular formula is C19H24N2. The highest BCUT2D eigenvalue weighted by Crippen LogP contribution is 2.31. The second-order valence-electron chi connectivity index (χ2n) is 5.95. The Labute approximate surface area is 127 Å². The van der Waals surface area contributed by atoms with Crippen molar-refractivity contribution in [2.24, 2.45) is 0 Å². The van der Waals surface area contributed by atoms with Crippen molar-refractivity contribution in [1.29, 1.82) is 0 Å². The molecule has 3 rings (SSSR count). The molecule has 0 spiro atoms. The summed E-state index contributed by atoms with van der Waals surface area (Å²) in [6.45, 7) is 6.75. The molecule has 0 radical (unpaired) electrons. The Kier molecular flexibility index (Phi) is 4.37. The highest BCUT2D eigenvalue weighted by atomic mass is 15.3. The molecule has 0 amide bonds. The fraction of sp³-hybridized carbons (Fsp3) is 0.368. The van der Waals surface area contributed by atoms with Gasteiger partial charge in [-0.25, -0.2) is 0 Å². The number of rotatable bonds is 3. The van der Waals surface area contributed by atoms with E-state index in [0.717, 1.165) is 13.1 Å². The summed E-state index contributed by atoms with van der Waals surface area (Å²) in [6, 6.07) is 23.1. The van der Waals surface area contributed by atoms with Gasteiger partial charge < -0.3 is 5.32 Å². The van der Waals surface area contributed by atoms with Crippen LogP contribution in [0.15, 0.2) is 60.7 Å². The van der Waals surface area contributed by atoms with Crippen LogP contribution < -0.4 is 5.32 Å². The van der Waals surface area contributed by atoms with Crippen LogP contribution >= 0.6 is 0 Å². The van der Waals surface area contributed by atoms with Crippen molar-refractivity contribution in [1.82, 2.24) is 10.2 Å². The maximum Gasteiger partial charge on any atom is 0.0605 e. The van der Waals surface area contributed by atoms with E-state index in [9.17, 15) is 0 Å². The normalized spacial score (nSPS) is 23.4. The Bertz CT molecular complexity index is 513. The quantitative estimate of drug-likeness (QED) is 0.926. The first kappa shape index (κ1) is 14.3. The fourth-order valence-corrected chi connectivity index (χ4v) is 3.29. The van der Waals surface area contributed by atoms with Gasteiger partial charge in [-0.2, -0.15) is 0 Å². The van der Waals surface area contributed by atoms with Crippen LogP contribution in [-0.4, -0.2) is 30.1 Å². The van der Waals surface area contributed by atoms with Crippen LogP contribution in [0.25, 0.3) is 0 Å². The molecule has 0 aromatic heterocycles. The minimum Gasteiger partial charge on any atom is -0.311 e. The molecule has 1 aliphatic heterocycles. The predicted octanol–water partition coefficient (Wildman–Crippen LogP) is 3.46. The maximum absolute atomic E-state index is 3.58. The van der Waals surface area contributed by atoms with E-state index >= 15 is 0 Å². The lowest BCUT2D eigenvalue weighted by Crippen LogP contribution is -2.56. The highest BCUT2D eigenvalue weighted by molar-refractivity contribution is 5.32. The summed E-state index contributed by atoms with van der Waals surface area (Å²) >= 11 is 0. The Morgan fingerprint density at radius 1 is 0.905 bits per heavy atom. The Morgan fingerprint density at radius 2 is 1.43 bits per heavy atom. The molecule has 2 nitrogen and oxygen atoms in total. The molecule has 0 saturated carbocycles. The maximum atomic E-state index is 3.58. The summed E-state index contributed by atoms with van der Waals surface area (Å²) in [5.74, 6) is 0. The molecule has 2 aromatic carbocycles. The molecule has 0 aliphatic carbocycles. The van der Waals surface area contributed by atoms with Gasteiger partial charge in [0.2, 0.25) is 0 Å². The van der Waals surface area contributed by atoms with E-state index in [1.54, 1.807) is 0 Å². The standard InChI is InChI=1S/C19H24N2/c1-15-16(2)21(14-13-20-15)19(17-9-5-3-6-10-17)18-11-7-4-8-12-18/h3-12,15-16,19-20H,13-14H2,1-2H3. The van der Waals surface area contributed by atoms with E-state index in [0.29, 0.717) is 18.1 Å². The van der Waals surface area contributed by atoms with Crippen LogP contribution in [0.3, 0.4) is 0 Å². The highest BCUT2D eigenvalue weighted by Gasteiger charge is 2.31. The molecular weight excluding hydrogens is 256 g/mol. The van der Waals surface area contributed by atoms with Crippen LogP contribution in [0, 0.1) is 0 Å². The fourth-order valence-electron chi connectivity index (χ4n) is 3.29. The van der Waals surface area contributed by atoms with E-state index in [-0.39, 0.29) is 0 Å². The van der Waals surface area contributed by atoms with Crippen molar-refractivity contribution >= 4 is 0 Å². The van der Waals surface area contributed by atoms with Crippen molar-refractivity contribution in [3.05, 3.63) is 71.8 Å². The number of benzene rings is 2. The zero-order valence-corrected chi connectivity index (χ0v) is 12.9. The minimum absolute atomic E-state index is 0.340. The number of piperazine rings is 1. The molecule has 1 N–H and O–H groups in total. The monoisotopic (exact) mass is 280 g/mol. The van der Waals surface area contributed by atoms with Crippen molar-refractivity contribution in [2.75, 3.05) is 13.1 Å². The summed E-state index contributed by atoms with van der Waals surface area (Å²) in [5, 5.41) is 3.58. The largest absolute Gasteiger partial charge is 0.311 e. The van der Waals surface area contributed by atoms with Crippen molar-refractivity contribution in [3.8, 4) is 0 Å². The molecule has 2 aromatic rings. The van der Waals surface area contributed by atoms with Crippen LogP contribution in [0.2, 0.25) is 0 Å². The lowest BCUT2D eigenvalue weighted by molar-refractivity contribution is 0.106. The van der Waals surface area contributed by atoms with E-state index in [2.05, 4.69) is 84.7 Å². The van der Waals surface area contributed by atoms with Gasteiger partial charge in [-0.3, -0.25) is 4.90 Å². The van der Waals surface area contributed by atoms with Gasteiger partial charge in [-0.15, -0.1) is 0 Å². The first-order valence-electron chi connectivity index (χ1n) is 7.86. The van der Waals surface area contributed by atoms with Gasteiger partial charge in [0.15, 0.2) is 0 Å². The smallest absolute Gasteiger partial charge is 0.0605 e. The lowest BCUT2D eigenvalue weighted by Gasteiger charge is -2.43. The van der Waals surface area contributed by atoms with Crippen LogP contribution in [0.4, 0.5) is 0 Å². The van der Waals surface area contributed by atoms with E-state index < -0.39 is 0 Å². The van der Waals surface area contributed by atoms with Crippen molar-refractivity contribution in [3.63, 3.8) is 0 Å². The molecule has 2 unspecified atom stereocenters. The SMILES string of the molecule is CC1NCCN(C(c2ccccc2)c2ccccc2)C1C. The van der Waals surface area contributed by atoms with Gasteiger partial charge >= 0.3 is 0 Å². The molecule has 2 heteroatoms. The van der Waals surface area contributed by atoms with Crippen LogP contribution in [-0.2, 0) is 0 Å². The summed E-state index contributed by atoms with van der Waals surface area (Å²) in [4.78, 5) is 2.63. The molecule has 110 valence electrons. The first-order valence-corrected chi connectivity index (χ1v) is 7.86. The Morgan fingerprint density at radius 3 is 1.95 bits per heavy atom. The number of hydrogen-bond acceptors (Lipinski definition) is 2. The number of hydrogen-bond donors (Lipinski definition) is 1. The van der Waals surface area contributed by atoms with Gasteiger partial charge in [0, 0.05) is 25.2 Å². The van der Waals surface area contributed by atoms with Gasteiger partial charge in [0.1, 0.15) is 0 Å². The van der Waals surface area contributed by atoms with Crippen molar-refractivity contribution in [2.45, 2.75) is 32.0 Å². The topological polar surface area (TPSA) is 15.3 Å². The van der Waals surface area contributed by atoms with Crippen LogP contribution in [0.1, 0.15) is 31.0 Å². The van der Waals surface area contributed by atoms with Gasteiger partial charge in [-0.1, -0.05) is 60.7 Å². The third kappa shape index (κ3) is 3.02. The molecule has 21 heavy (non-hydrogen) atoms. The van der Waals surface area contributed by atoms with E-state index in [1.807, 2.05) is 0 Å². The number of nitrogens with one attached hydrogen (secondary N) is 1. The average Bonchev–Trinajstić information content (AvgIpc) is 2.54. The van der Waals surface area contributed by atoms with E-state index in [1.165, 1.54) is 11.1 Å². The Hall–Kier alpha value is -1.64. The molecule has 2 atom stereocenters. The molecule has 1 saturated heterocycles. The molecule has 0 bridgehead atoms. The predicted molar refractivity (Wildman–Crippen MR) is 88.4 cm³/mol. The second-order valence-corrected chi connectivity index (χ2v) is 5.95. The summed E-state index contributed by atoms with van der Waals surface area (Å²) in [5.41, 5.74) is 2.76. The molecule has 1 fully saturated rings. The third-order valence-corrected chi connectivity index (χ3v) is 4.65. The molecule has 1 aliphatic rings. The second kappa shape index (κ2) is 6.42. The number of nitrogens with zero attached hydrogens (tertiary/aromatic N) is 1. The van der Waals surface area contributed by atoms with Gasteiger partial charge in [0.05, 0.1) is 6.04 Å². The summed E-state index contributed by atoms with van der Waals surface area (Å²) in [7, 11) is 0. The first-order chi connectivity index (χ1) is 10.3. The Balaban J connectivity index is 2.00. The molecule has 1 heterocycles.